The molecule has 0 bridgehead atoms. The zero-order valence-electron chi connectivity index (χ0n) is 15.0. The van der Waals surface area contributed by atoms with Crippen LogP contribution in [-0.2, 0) is 9.73 Å². The van der Waals surface area contributed by atoms with Crippen LogP contribution in [-0.4, -0.2) is 12.3 Å². The Bertz CT molecular complexity index is 914. The van der Waals surface area contributed by atoms with Crippen molar-refractivity contribution < 1.29 is 4.21 Å². The minimum absolute atomic E-state index is 0.0953. The summed E-state index contributed by atoms with van der Waals surface area (Å²) in [5.41, 5.74) is 1.90. The second kappa shape index (κ2) is 5.71. The molecule has 1 heterocycles. The highest BCUT2D eigenvalue weighted by Crippen LogP contribution is 2.48. The molecule has 126 valence electrons. The van der Waals surface area contributed by atoms with Gasteiger partial charge in [0, 0.05) is 10.1 Å². The van der Waals surface area contributed by atoms with Crippen molar-refractivity contribution in [1.29, 1.82) is 0 Å². The molecule has 0 saturated heterocycles. The van der Waals surface area contributed by atoms with E-state index in [2.05, 4.69) is 46.0 Å². The van der Waals surface area contributed by atoms with E-state index in [1.165, 1.54) is 0 Å². The molecule has 0 saturated carbocycles. The van der Waals surface area contributed by atoms with Crippen molar-refractivity contribution in [3.8, 4) is 0 Å². The number of fused-ring (bicyclic) bond motifs is 1. The summed E-state index contributed by atoms with van der Waals surface area (Å²) < 4.78 is 20.0. The molecular formula is C20H25NOSSi. The fourth-order valence-electron chi connectivity index (χ4n) is 2.78. The molecule has 2 nitrogen and oxygen atoms in total. The molecule has 0 aliphatic carbocycles. The van der Waals surface area contributed by atoms with Crippen molar-refractivity contribution in [3.63, 3.8) is 0 Å². The smallest absolute Gasteiger partial charge is 0.101 e. The average Bonchev–Trinajstić information content (AvgIpc) is 2.54. The lowest BCUT2D eigenvalue weighted by Crippen LogP contribution is -2.42. The fraction of sp³-hybridized carbons (Fsp3) is 0.300. The molecular weight excluding hydrogens is 330 g/mol. The van der Waals surface area contributed by atoms with Crippen LogP contribution < -0.4 is 0 Å². The molecule has 3 rings (SSSR count). The van der Waals surface area contributed by atoms with Gasteiger partial charge in [-0.2, -0.15) is 4.36 Å². The normalized spacial score (nSPS) is 20.8. The SMILES string of the molecule is CC(C)(C)[Si](C)(C)C1=Cc2ccccc2N=S1(=O)c1ccccc1. The summed E-state index contributed by atoms with van der Waals surface area (Å²) in [7, 11) is -4.61. The highest BCUT2D eigenvalue weighted by atomic mass is 32.2. The van der Waals surface area contributed by atoms with Crippen LogP contribution in [0.25, 0.3) is 6.08 Å². The molecule has 0 amide bonds. The molecule has 0 radical (unpaired) electrons. The molecule has 1 atom stereocenters. The molecule has 0 N–H and O–H groups in total. The van der Waals surface area contributed by atoms with E-state index in [4.69, 9.17) is 4.36 Å². The zero-order chi connectivity index (χ0) is 17.6. The lowest BCUT2D eigenvalue weighted by Gasteiger charge is -2.40. The third-order valence-electron chi connectivity index (χ3n) is 5.30. The van der Waals surface area contributed by atoms with E-state index in [9.17, 15) is 4.21 Å². The highest BCUT2D eigenvalue weighted by molar-refractivity contribution is 8.00. The van der Waals surface area contributed by atoms with Gasteiger partial charge >= 0.3 is 0 Å². The van der Waals surface area contributed by atoms with Crippen LogP contribution in [0.3, 0.4) is 0 Å². The summed E-state index contributed by atoms with van der Waals surface area (Å²) in [5.74, 6) is 0. The Labute approximate surface area is 146 Å². The van der Waals surface area contributed by atoms with Crippen molar-refractivity contribution in [1.82, 2.24) is 0 Å². The minimum Gasteiger partial charge on any atom is -0.240 e. The first kappa shape index (κ1) is 17.2. The molecule has 2 aromatic rings. The largest absolute Gasteiger partial charge is 0.240 e. The summed E-state index contributed by atoms with van der Waals surface area (Å²) in [6.45, 7) is 11.4. The van der Waals surface area contributed by atoms with Crippen LogP contribution in [0.2, 0.25) is 18.1 Å². The number of benzene rings is 2. The molecule has 2 aromatic carbocycles. The third kappa shape index (κ3) is 2.68. The molecule has 0 spiro atoms. The number of hydrogen-bond acceptors (Lipinski definition) is 2. The van der Waals surface area contributed by atoms with Gasteiger partial charge in [0.25, 0.3) is 0 Å². The lowest BCUT2D eigenvalue weighted by atomic mass is 10.2. The summed E-state index contributed by atoms with van der Waals surface area (Å²) in [6.07, 6.45) is 2.16. The Morgan fingerprint density at radius 3 is 2.12 bits per heavy atom. The first-order valence-corrected chi connectivity index (χ1v) is 12.8. The van der Waals surface area contributed by atoms with Crippen molar-refractivity contribution in [3.05, 3.63) is 64.7 Å². The maximum absolute atomic E-state index is 14.2. The second-order valence-corrected chi connectivity index (χ2v) is 15.7. The Kier molecular flexibility index (Phi) is 4.09. The van der Waals surface area contributed by atoms with Gasteiger partial charge in [0.2, 0.25) is 0 Å². The quantitative estimate of drug-likeness (QED) is 0.586. The Balaban J connectivity index is 2.36. The van der Waals surface area contributed by atoms with E-state index >= 15 is 0 Å². The van der Waals surface area contributed by atoms with Crippen LogP contribution in [0.1, 0.15) is 26.3 Å². The van der Waals surface area contributed by atoms with Crippen molar-refractivity contribution >= 4 is 29.6 Å². The van der Waals surface area contributed by atoms with Gasteiger partial charge in [-0.15, -0.1) is 0 Å². The third-order valence-corrected chi connectivity index (χ3v) is 14.9. The fourth-order valence-corrected chi connectivity index (χ4v) is 9.93. The second-order valence-electron chi connectivity index (χ2n) is 7.87. The topological polar surface area (TPSA) is 29.4 Å². The predicted molar refractivity (Wildman–Crippen MR) is 107 cm³/mol. The van der Waals surface area contributed by atoms with Gasteiger partial charge in [0.05, 0.1) is 18.7 Å². The van der Waals surface area contributed by atoms with Crippen LogP contribution in [0, 0.1) is 0 Å². The van der Waals surface area contributed by atoms with Crippen molar-refractivity contribution in [2.75, 3.05) is 0 Å². The Hall–Kier alpha value is -1.65. The van der Waals surface area contributed by atoms with Gasteiger partial charge in [-0.05, 0) is 29.3 Å². The first-order chi connectivity index (χ1) is 11.2. The average molecular weight is 356 g/mol. The van der Waals surface area contributed by atoms with E-state index in [1.54, 1.807) is 0 Å². The van der Waals surface area contributed by atoms with E-state index in [-0.39, 0.29) is 5.04 Å². The molecule has 0 aromatic heterocycles. The summed E-state index contributed by atoms with van der Waals surface area (Å²) in [5, 5.41) is 0.0953. The van der Waals surface area contributed by atoms with E-state index in [1.807, 2.05) is 48.5 Å². The zero-order valence-corrected chi connectivity index (χ0v) is 16.9. The number of hydrogen-bond donors (Lipinski definition) is 0. The van der Waals surface area contributed by atoms with Crippen molar-refractivity contribution in [2.45, 2.75) is 43.8 Å². The van der Waals surface area contributed by atoms with Crippen LogP contribution >= 0.6 is 0 Å². The number of rotatable bonds is 2. The molecule has 1 aliphatic heterocycles. The maximum Gasteiger partial charge on any atom is 0.101 e. The van der Waals surface area contributed by atoms with Gasteiger partial charge in [0.1, 0.15) is 9.73 Å². The van der Waals surface area contributed by atoms with Gasteiger partial charge in [-0.3, -0.25) is 0 Å². The molecule has 24 heavy (non-hydrogen) atoms. The molecule has 4 heteroatoms. The van der Waals surface area contributed by atoms with Gasteiger partial charge < -0.3 is 0 Å². The lowest BCUT2D eigenvalue weighted by molar-refractivity contribution is 0.680. The maximum atomic E-state index is 14.2. The van der Waals surface area contributed by atoms with E-state index < -0.39 is 17.8 Å². The van der Waals surface area contributed by atoms with E-state index in [0.29, 0.717) is 0 Å². The van der Waals surface area contributed by atoms with Gasteiger partial charge in [-0.25, -0.2) is 4.21 Å². The first-order valence-electron chi connectivity index (χ1n) is 8.30. The highest BCUT2D eigenvalue weighted by Gasteiger charge is 2.44. The Morgan fingerprint density at radius 1 is 0.917 bits per heavy atom. The van der Waals surface area contributed by atoms with Crippen LogP contribution in [0.15, 0.2) is 68.4 Å². The minimum atomic E-state index is -2.62. The van der Waals surface area contributed by atoms with Crippen LogP contribution in [0.5, 0.6) is 0 Å². The predicted octanol–water partition coefficient (Wildman–Crippen LogP) is 6.25. The van der Waals surface area contributed by atoms with E-state index in [0.717, 1.165) is 20.7 Å². The summed E-state index contributed by atoms with van der Waals surface area (Å²) >= 11 is 0. The van der Waals surface area contributed by atoms with Crippen molar-refractivity contribution in [2.24, 2.45) is 4.36 Å². The molecule has 1 unspecified atom stereocenters. The molecule has 1 aliphatic rings. The Morgan fingerprint density at radius 2 is 1.50 bits per heavy atom. The van der Waals surface area contributed by atoms with Gasteiger partial charge in [0.15, 0.2) is 0 Å². The molecule has 0 fully saturated rings. The summed E-state index contributed by atoms with van der Waals surface area (Å²) in [4.78, 5) is 0.815. The standard InChI is InChI=1S/C20H25NOSSi/c1-20(2,3)24(4,5)19-15-16-11-9-10-14-18(16)21-23(19,22)17-12-7-6-8-13-17/h6-15H,1-5H3. The van der Waals surface area contributed by atoms with Gasteiger partial charge in [-0.1, -0.05) is 70.3 Å². The van der Waals surface area contributed by atoms with Crippen LogP contribution in [0.4, 0.5) is 5.69 Å². The monoisotopic (exact) mass is 355 g/mol. The summed E-state index contributed by atoms with van der Waals surface area (Å²) in [6, 6.07) is 17.7. The number of nitrogens with zero attached hydrogens (tertiary/aromatic N) is 1.